The fourth-order valence-electron chi connectivity index (χ4n) is 2.39. The minimum Gasteiger partial charge on any atom is -0.508 e. The second-order valence-corrected chi connectivity index (χ2v) is 4.91. The molecule has 21 heavy (non-hydrogen) atoms. The molecule has 0 aliphatic heterocycles. The fraction of sp³-hybridized carbons (Fsp3) is 0.118. The molecule has 0 bridgehead atoms. The average molecular weight is 279 g/mol. The summed E-state index contributed by atoms with van der Waals surface area (Å²) in [6, 6.07) is 15.4. The minimum absolute atomic E-state index is 0.00382. The van der Waals surface area contributed by atoms with Crippen molar-refractivity contribution in [3.63, 3.8) is 0 Å². The standard InChI is InChI=1S/C17H17N3O/c1-13(14-6-2-5-9-17(14)21)19-15-7-3-4-8-16(15)20-11-10-18-12-20/h2-13,19,21H,1H3. The number of rotatable bonds is 4. The van der Waals surface area contributed by atoms with Gasteiger partial charge in [0, 0.05) is 18.0 Å². The van der Waals surface area contributed by atoms with Gasteiger partial charge in [-0.25, -0.2) is 4.98 Å². The molecule has 1 aromatic heterocycles. The van der Waals surface area contributed by atoms with Crippen LogP contribution in [0.15, 0.2) is 67.3 Å². The molecule has 0 saturated heterocycles. The number of aromatic hydroxyl groups is 1. The van der Waals surface area contributed by atoms with Gasteiger partial charge in [-0.05, 0) is 25.1 Å². The van der Waals surface area contributed by atoms with Crippen molar-refractivity contribution in [3.05, 3.63) is 72.8 Å². The maximum atomic E-state index is 9.96. The number of hydrogen-bond acceptors (Lipinski definition) is 3. The molecular formula is C17H17N3O. The Morgan fingerprint density at radius 2 is 1.86 bits per heavy atom. The Morgan fingerprint density at radius 1 is 1.10 bits per heavy atom. The number of aromatic nitrogens is 2. The number of phenolic OH excluding ortho intramolecular Hbond substituents is 1. The predicted molar refractivity (Wildman–Crippen MR) is 83.7 cm³/mol. The van der Waals surface area contributed by atoms with Gasteiger partial charge in [0.25, 0.3) is 0 Å². The van der Waals surface area contributed by atoms with Gasteiger partial charge in [-0.1, -0.05) is 30.3 Å². The van der Waals surface area contributed by atoms with Crippen molar-refractivity contribution in [1.82, 2.24) is 9.55 Å². The van der Waals surface area contributed by atoms with Crippen LogP contribution in [0.2, 0.25) is 0 Å². The van der Waals surface area contributed by atoms with E-state index in [2.05, 4.69) is 10.3 Å². The Kier molecular flexibility index (Phi) is 3.60. The van der Waals surface area contributed by atoms with E-state index in [0.717, 1.165) is 16.9 Å². The van der Waals surface area contributed by atoms with E-state index in [1.807, 2.05) is 60.2 Å². The molecular weight excluding hydrogens is 262 g/mol. The number of nitrogens with one attached hydrogen (secondary N) is 1. The summed E-state index contributed by atoms with van der Waals surface area (Å²) < 4.78 is 1.96. The van der Waals surface area contributed by atoms with Crippen LogP contribution in [0, 0.1) is 0 Å². The second kappa shape index (κ2) is 5.71. The van der Waals surface area contributed by atoms with Gasteiger partial charge in [-0.15, -0.1) is 0 Å². The average Bonchev–Trinajstić information content (AvgIpc) is 3.02. The van der Waals surface area contributed by atoms with Gasteiger partial charge >= 0.3 is 0 Å². The van der Waals surface area contributed by atoms with Crippen LogP contribution < -0.4 is 5.32 Å². The van der Waals surface area contributed by atoms with E-state index in [1.165, 1.54) is 0 Å². The molecule has 4 heteroatoms. The van der Waals surface area contributed by atoms with Crippen LogP contribution in [0.1, 0.15) is 18.5 Å². The lowest BCUT2D eigenvalue weighted by molar-refractivity contribution is 0.465. The number of hydrogen-bond donors (Lipinski definition) is 2. The lowest BCUT2D eigenvalue weighted by Crippen LogP contribution is -2.09. The minimum atomic E-state index is -0.00382. The Bertz CT molecular complexity index is 722. The number of nitrogens with zero attached hydrogens (tertiary/aromatic N) is 2. The molecule has 0 spiro atoms. The molecule has 2 N–H and O–H groups in total. The summed E-state index contributed by atoms with van der Waals surface area (Å²) in [5, 5.41) is 13.4. The van der Waals surface area contributed by atoms with E-state index in [9.17, 15) is 5.11 Å². The van der Waals surface area contributed by atoms with Gasteiger partial charge in [-0.2, -0.15) is 0 Å². The van der Waals surface area contributed by atoms with E-state index in [0.29, 0.717) is 5.75 Å². The van der Waals surface area contributed by atoms with Crippen LogP contribution in [0.4, 0.5) is 5.69 Å². The molecule has 0 amide bonds. The fourth-order valence-corrected chi connectivity index (χ4v) is 2.39. The van der Waals surface area contributed by atoms with Crippen LogP contribution >= 0.6 is 0 Å². The first-order chi connectivity index (χ1) is 10.3. The molecule has 1 heterocycles. The first-order valence-electron chi connectivity index (χ1n) is 6.87. The number of imidazole rings is 1. The first-order valence-corrected chi connectivity index (χ1v) is 6.87. The normalized spacial score (nSPS) is 12.0. The zero-order chi connectivity index (χ0) is 14.7. The Labute approximate surface area is 123 Å². The number of benzene rings is 2. The van der Waals surface area contributed by atoms with Crippen molar-refractivity contribution < 1.29 is 5.11 Å². The van der Waals surface area contributed by atoms with E-state index in [1.54, 1.807) is 18.6 Å². The topological polar surface area (TPSA) is 50.1 Å². The monoisotopic (exact) mass is 279 g/mol. The summed E-state index contributed by atoms with van der Waals surface area (Å²) in [4.78, 5) is 4.09. The zero-order valence-corrected chi connectivity index (χ0v) is 11.8. The summed E-state index contributed by atoms with van der Waals surface area (Å²) >= 11 is 0. The number of phenols is 1. The van der Waals surface area contributed by atoms with Crippen LogP contribution in [0.5, 0.6) is 5.75 Å². The molecule has 3 aromatic rings. The molecule has 0 aliphatic carbocycles. The van der Waals surface area contributed by atoms with Gasteiger partial charge in [0.1, 0.15) is 5.75 Å². The highest BCUT2D eigenvalue weighted by Gasteiger charge is 2.11. The SMILES string of the molecule is CC(Nc1ccccc1-n1ccnc1)c1ccccc1O. The third-order valence-corrected chi connectivity index (χ3v) is 3.46. The lowest BCUT2D eigenvalue weighted by atomic mass is 10.1. The molecule has 106 valence electrons. The predicted octanol–water partition coefficient (Wildman–Crippen LogP) is 3.75. The Hall–Kier alpha value is -2.75. The van der Waals surface area contributed by atoms with Crippen molar-refractivity contribution >= 4 is 5.69 Å². The highest BCUT2D eigenvalue weighted by molar-refractivity contribution is 5.62. The van der Waals surface area contributed by atoms with E-state index in [-0.39, 0.29) is 6.04 Å². The summed E-state index contributed by atoms with van der Waals surface area (Å²) in [5.41, 5.74) is 2.89. The van der Waals surface area contributed by atoms with Crippen LogP contribution in [0.25, 0.3) is 5.69 Å². The third kappa shape index (κ3) is 2.74. The van der Waals surface area contributed by atoms with E-state index in [4.69, 9.17) is 0 Å². The van der Waals surface area contributed by atoms with Crippen molar-refractivity contribution in [3.8, 4) is 11.4 Å². The van der Waals surface area contributed by atoms with Crippen molar-refractivity contribution in [2.45, 2.75) is 13.0 Å². The second-order valence-electron chi connectivity index (χ2n) is 4.91. The summed E-state index contributed by atoms with van der Waals surface area (Å²) in [6.07, 6.45) is 5.43. The molecule has 1 unspecified atom stereocenters. The molecule has 2 aromatic carbocycles. The summed E-state index contributed by atoms with van der Waals surface area (Å²) in [7, 11) is 0. The van der Waals surface area contributed by atoms with Crippen LogP contribution in [0.3, 0.4) is 0 Å². The summed E-state index contributed by atoms with van der Waals surface area (Å²) in [6.45, 7) is 2.03. The summed E-state index contributed by atoms with van der Waals surface area (Å²) in [5.74, 6) is 0.303. The zero-order valence-electron chi connectivity index (χ0n) is 11.8. The van der Waals surface area contributed by atoms with Crippen LogP contribution in [-0.4, -0.2) is 14.7 Å². The van der Waals surface area contributed by atoms with Crippen molar-refractivity contribution in [2.75, 3.05) is 5.32 Å². The largest absolute Gasteiger partial charge is 0.508 e. The van der Waals surface area contributed by atoms with Gasteiger partial charge < -0.3 is 15.0 Å². The molecule has 0 saturated carbocycles. The molecule has 4 nitrogen and oxygen atoms in total. The van der Waals surface area contributed by atoms with Gasteiger partial charge in [0.2, 0.25) is 0 Å². The van der Waals surface area contributed by atoms with Gasteiger partial charge in [-0.3, -0.25) is 0 Å². The maximum absolute atomic E-state index is 9.96. The Balaban J connectivity index is 1.91. The lowest BCUT2D eigenvalue weighted by Gasteiger charge is -2.19. The van der Waals surface area contributed by atoms with Crippen molar-refractivity contribution in [2.24, 2.45) is 0 Å². The maximum Gasteiger partial charge on any atom is 0.120 e. The molecule has 1 atom stereocenters. The van der Waals surface area contributed by atoms with Crippen molar-refractivity contribution in [1.29, 1.82) is 0 Å². The van der Waals surface area contributed by atoms with E-state index < -0.39 is 0 Å². The van der Waals surface area contributed by atoms with Gasteiger partial charge in [0.15, 0.2) is 0 Å². The highest BCUT2D eigenvalue weighted by atomic mass is 16.3. The Morgan fingerprint density at radius 3 is 2.62 bits per heavy atom. The highest BCUT2D eigenvalue weighted by Crippen LogP contribution is 2.29. The molecule has 0 fully saturated rings. The quantitative estimate of drug-likeness (QED) is 0.764. The number of para-hydroxylation sites is 3. The third-order valence-electron chi connectivity index (χ3n) is 3.46. The molecule has 0 radical (unpaired) electrons. The van der Waals surface area contributed by atoms with Crippen LogP contribution in [-0.2, 0) is 0 Å². The molecule has 3 rings (SSSR count). The molecule has 0 aliphatic rings. The first kappa shape index (κ1) is 13.2. The number of anilines is 1. The smallest absolute Gasteiger partial charge is 0.120 e. The van der Waals surface area contributed by atoms with E-state index >= 15 is 0 Å². The van der Waals surface area contributed by atoms with Gasteiger partial charge in [0.05, 0.1) is 23.7 Å².